The normalized spacial score (nSPS) is 30.9. The third-order valence-electron chi connectivity index (χ3n) is 7.01. The van der Waals surface area contributed by atoms with Crippen LogP contribution in [0.3, 0.4) is 0 Å². The van der Waals surface area contributed by atoms with Crippen LogP contribution in [0, 0.1) is 5.92 Å². The molecule has 1 saturated heterocycles. The molecule has 2 fully saturated rings. The highest BCUT2D eigenvalue weighted by molar-refractivity contribution is 9.09. The molecule has 3 unspecified atom stereocenters. The summed E-state index contributed by atoms with van der Waals surface area (Å²) >= 11 is 3.83. The lowest BCUT2D eigenvalue weighted by Crippen LogP contribution is -2.42. The zero-order chi connectivity index (χ0) is 20.4. The zero-order valence-electron chi connectivity index (χ0n) is 18.1. The van der Waals surface area contributed by atoms with Gasteiger partial charge >= 0.3 is 0 Å². The first-order valence-electron chi connectivity index (χ1n) is 10.9. The van der Waals surface area contributed by atoms with Gasteiger partial charge in [0.2, 0.25) is 0 Å². The van der Waals surface area contributed by atoms with Crippen molar-refractivity contribution in [1.29, 1.82) is 0 Å². The standard InChI is InChI=1S/C23H38BrN3O/c1-15(21(13-25)23-12-22(24)16(2)14-28-23)11-20-17(3)26(5)27(18(20)4)19-9-7-6-8-10-19/h16,19,22-23H,4,6-14,25H2,1-3,5H3/b21-15+. The van der Waals surface area contributed by atoms with Crippen LogP contribution < -0.4 is 5.73 Å². The first-order valence-corrected chi connectivity index (χ1v) is 11.8. The zero-order valence-corrected chi connectivity index (χ0v) is 19.7. The molecule has 158 valence electrons. The van der Waals surface area contributed by atoms with Gasteiger partial charge in [0.15, 0.2) is 0 Å². The van der Waals surface area contributed by atoms with Gasteiger partial charge in [0.05, 0.1) is 24.4 Å². The molecule has 3 atom stereocenters. The summed E-state index contributed by atoms with van der Waals surface area (Å²) in [6, 6.07) is 0.592. The van der Waals surface area contributed by atoms with Gasteiger partial charge in [-0.1, -0.05) is 54.3 Å². The smallest absolute Gasteiger partial charge is 0.0810 e. The first-order chi connectivity index (χ1) is 13.3. The van der Waals surface area contributed by atoms with Crippen LogP contribution in [0.2, 0.25) is 0 Å². The molecule has 0 amide bonds. The van der Waals surface area contributed by atoms with Crippen molar-refractivity contribution in [2.75, 3.05) is 20.2 Å². The van der Waals surface area contributed by atoms with E-state index in [1.807, 2.05) is 0 Å². The molecule has 1 saturated carbocycles. The fourth-order valence-corrected chi connectivity index (χ4v) is 5.48. The van der Waals surface area contributed by atoms with Gasteiger partial charge < -0.3 is 10.5 Å². The average Bonchev–Trinajstić information content (AvgIpc) is 2.89. The number of allylic oxidation sites excluding steroid dienone is 3. The van der Waals surface area contributed by atoms with Crippen LogP contribution in [0.4, 0.5) is 0 Å². The molecule has 2 heterocycles. The van der Waals surface area contributed by atoms with E-state index in [9.17, 15) is 0 Å². The summed E-state index contributed by atoms with van der Waals surface area (Å²) in [7, 11) is 2.19. The summed E-state index contributed by atoms with van der Waals surface area (Å²) in [5.74, 6) is 0.549. The van der Waals surface area contributed by atoms with Gasteiger partial charge in [-0.15, -0.1) is 0 Å². The van der Waals surface area contributed by atoms with Crippen molar-refractivity contribution >= 4 is 15.9 Å². The summed E-state index contributed by atoms with van der Waals surface area (Å²) in [6.45, 7) is 12.5. The molecule has 4 nitrogen and oxygen atoms in total. The Kier molecular flexibility index (Phi) is 7.32. The molecule has 0 aromatic heterocycles. The van der Waals surface area contributed by atoms with Crippen LogP contribution in [0.5, 0.6) is 0 Å². The van der Waals surface area contributed by atoms with E-state index in [1.165, 1.54) is 60.2 Å². The molecule has 0 bridgehead atoms. The van der Waals surface area contributed by atoms with Crippen molar-refractivity contribution in [3.63, 3.8) is 0 Å². The van der Waals surface area contributed by atoms with E-state index in [4.69, 9.17) is 10.5 Å². The third kappa shape index (κ3) is 4.36. The highest BCUT2D eigenvalue weighted by Gasteiger charge is 2.34. The lowest BCUT2D eigenvalue weighted by atomic mass is 9.90. The second-order valence-corrected chi connectivity index (χ2v) is 10.1. The fourth-order valence-electron chi connectivity index (χ4n) is 4.99. The van der Waals surface area contributed by atoms with Crippen molar-refractivity contribution in [1.82, 2.24) is 10.0 Å². The molecule has 2 aliphatic heterocycles. The number of hydrazine groups is 1. The number of alkyl halides is 1. The predicted octanol–water partition coefficient (Wildman–Crippen LogP) is 5.12. The maximum Gasteiger partial charge on any atom is 0.0810 e. The van der Waals surface area contributed by atoms with E-state index in [1.54, 1.807) is 0 Å². The Balaban J connectivity index is 1.76. The number of nitrogens with zero attached hydrogens (tertiary/aromatic N) is 2. The minimum atomic E-state index is 0.133. The molecule has 0 spiro atoms. The van der Waals surface area contributed by atoms with Gasteiger partial charge in [0, 0.05) is 29.7 Å². The molecule has 3 aliphatic rings. The Hall–Kier alpha value is -0.780. The first kappa shape index (κ1) is 21.9. The largest absolute Gasteiger partial charge is 0.373 e. The summed E-state index contributed by atoms with van der Waals surface area (Å²) in [5.41, 5.74) is 12.7. The molecule has 28 heavy (non-hydrogen) atoms. The number of halogens is 1. The Morgan fingerprint density at radius 3 is 2.57 bits per heavy atom. The van der Waals surface area contributed by atoms with Crippen molar-refractivity contribution in [3.8, 4) is 0 Å². The van der Waals surface area contributed by atoms with Gasteiger partial charge in [0.25, 0.3) is 0 Å². The monoisotopic (exact) mass is 451 g/mol. The van der Waals surface area contributed by atoms with E-state index >= 15 is 0 Å². The molecular weight excluding hydrogens is 414 g/mol. The summed E-state index contributed by atoms with van der Waals surface area (Å²) < 4.78 is 6.16. The minimum Gasteiger partial charge on any atom is -0.373 e. The molecule has 3 rings (SSSR count). The number of ether oxygens (including phenoxy) is 1. The molecule has 2 N–H and O–H groups in total. The molecular formula is C23H38BrN3O. The van der Waals surface area contributed by atoms with E-state index in [0.29, 0.717) is 23.3 Å². The summed E-state index contributed by atoms with van der Waals surface area (Å²) in [5, 5.41) is 4.78. The maximum atomic E-state index is 6.19. The Labute approximate surface area is 179 Å². The van der Waals surface area contributed by atoms with Crippen molar-refractivity contribution in [2.24, 2.45) is 11.7 Å². The molecule has 5 heteroatoms. The van der Waals surface area contributed by atoms with E-state index in [2.05, 4.69) is 60.3 Å². The Morgan fingerprint density at radius 1 is 1.29 bits per heavy atom. The van der Waals surface area contributed by atoms with Gasteiger partial charge in [-0.2, -0.15) is 0 Å². The molecule has 0 aromatic rings. The topological polar surface area (TPSA) is 41.7 Å². The number of rotatable bonds is 5. The average molecular weight is 452 g/mol. The molecule has 0 aromatic carbocycles. The van der Waals surface area contributed by atoms with Crippen LogP contribution in [0.25, 0.3) is 0 Å². The number of hydrogen-bond acceptors (Lipinski definition) is 4. The number of hydrogen-bond donors (Lipinski definition) is 1. The molecule has 1 aliphatic carbocycles. The van der Waals surface area contributed by atoms with Crippen LogP contribution in [0.15, 0.2) is 34.7 Å². The predicted molar refractivity (Wildman–Crippen MR) is 121 cm³/mol. The summed E-state index contributed by atoms with van der Waals surface area (Å²) in [4.78, 5) is 0.496. The quantitative estimate of drug-likeness (QED) is 0.464. The van der Waals surface area contributed by atoms with Gasteiger partial charge in [-0.3, -0.25) is 10.0 Å². The van der Waals surface area contributed by atoms with Gasteiger partial charge in [-0.05, 0) is 51.0 Å². The van der Waals surface area contributed by atoms with Crippen molar-refractivity contribution in [2.45, 2.75) is 82.7 Å². The van der Waals surface area contributed by atoms with Crippen LogP contribution in [-0.4, -0.2) is 47.2 Å². The van der Waals surface area contributed by atoms with Crippen molar-refractivity contribution < 1.29 is 4.74 Å². The van der Waals surface area contributed by atoms with Gasteiger partial charge in [-0.25, -0.2) is 0 Å². The lowest BCUT2D eigenvalue weighted by Gasteiger charge is -2.39. The molecule has 0 radical (unpaired) electrons. The van der Waals surface area contributed by atoms with Crippen molar-refractivity contribution in [3.05, 3.63) is 34.7 Å². The van der Waals surface area contributed by atoms with Crippen LogP contribution in [0.1, 0.15) is 65.7 Å². The van der Waals surface area contributed by atoms with Crippen LogP contribution >= 0.6 is 15.9 Å². The second-order valence-electron chi connectivity index (χ2n) is 8.91. The SMILES string of the molecule is C=C1C(C/C(C)=C(\CN)C2CC(Br)C(C)CO2)=C(C)N(C)N1C1CCCCC1. The summed E-state index contributed by atoms with van der Waals surface area (Å²) in [6.07, 6.45) is 8.62. The highest BCUT2D eigenvalue weighted by Crippen LogP contribution is 2.39. The van der Waals surface area contributed by atoms with Gasteiger partial charge in [0.1, 0.15) is 0 Å². The Bertz CT molecular complexity index is 650. The minimum absolute atomic E-state index is 0.133. The second kappa shape index (κ2) is 9.36. The maximum absolute atomic E-state index is 6.19. The van der Waals surface area contributed by atoms with E-state index < -0.39 is 0 Å². The fraction of sp³-hybridized carbons (Fsp3) is 0.739. The third-order valence-corrected chi connectivity index (χ3v) is 8.28. The van der Waals surface area contributed by atoms with E-state index in [-0.39, 0.29) is 6.10 Å². The Morgan fingerprint density at radius 2 is 1.96 bits per heavy atom. The lowest BCUT2D eigenvalue weighted by molar-refractivity contribution is 0.0137. The highest BCUT2D eigenvalue weighted by atomic mass is 79.9. The van der Waals surface area contributed by atoms with Crippen LogP contribution in [-0.2, 0) is 4.74 Å². The number of nitrogens with two attached hydrogens (primary N) is 1. The van der Waals surface area contributed by atoms with E-state index in [0.717, 1.165) is 19.4 Å².